The first-order valence-electron chi connectivity index (χ1n) is 6.49. The summed E-state index contributed by atoms with van der Waals surface area (Å²) >= 11 is 3.07. The van der Waals surface area contributed by atoms with Crippen LogP contribution in [0.2, 0.25) is 0 Å². The van der Waals surface area contributed by atoms with Crippen molar-refractivity contribution in [3.63, 3.8) is 0 Å². The van der Waals surface area contributed by atoms with Crippen molar-refractivity contribution in [2.45, 2.75) is 12.8 Å². The van der Waals surface area contributed by atoms with Gasteiger partial charge in [0, 0.05) is 25.1 Å². The molecule has 21 heavy (non-hydrogen) atoms. The molecule has 7 nitrogen and oxygen atoms in total. The lowest BCUT2D eigenvalue weighted by atomic mass is 10.2. The van der Waals surface area contributed by atoms with Gasteiger partial charge in [-0.15, -0.1) is 0 Å². The summed E-state index contributed by atoms with van der Waals surface area (Å²) in [6, 6.07) is 4.26. The van der Waals surface area contributed by atoms with Crippen LogP contribution in [0, 0.1) is 16.0 Å². The monoisotopic (exact) mass is 355 g/mol. The lowest BCUT2D eigenvalue weighted by molar-refractivity contribution is -0.385. The van der Waals surface area contributed by atoms with Gasteiger partial charge in [-0.25, -0.2) is 0 Å². The lowest BCUT2D eigenvalue weighted by Gasteiger charge is -2.08. The number of hydrogen-bond acceptors (Lipinski definition) is 4. The molecular weight excluding hydrogens is 342 g/mol. The molecule has 0 saturated heterocycles. The van der Waals surface area contributed by atoms with Gasteiger partial charge >= 0.3 is 0 Å². The van der Waals surface area contributed by atoms with E-state index in [1.807, 2.05) is 0 Å². The minimum atomic E-state index is -0.559. The molecular formula is C13H14BrN3O4. The summed E-state index contributed by atoms with van der Waals surface area (Å²) in [4.78, 5) is 33.6. The third-order valence-corrected chi connectivity index (χ3v) is 3.91. The quantitative estimate of drug-likeness (QED) is 0.459. The second kappa shape index (κ2) is 6.66. The third kappa shape index (κ3) is 4.01. The van der Waals surface area contributed by atoms with Gasteiger partial charge in [0.15, 0.2) is 0 Å². The Bertz CT molecular complexity index is 587. The normalized spacial score (nSPS) is 13.6. The Morgan fingerprint density at radius 2 is 1.95 bits per heavy atom. The van der Waals surface area contributed by atoms with Gasteiger partial charge in [-0.2, -0.15) is 0 Å². The van der Waals surface area contributed by atoms with Crippen LogP contribution in [0.1, 0.15) is 23.2 Å². The minimum Gasteiger partial charge on any atom is -0.354 e. The first kappa shape index (κ1) is 15.4. The van der Waals surface area contributed by atoms with Crippen molar-refractivity contribution in [2.24, 2.45) is 5.92 Å². The standard InChI is InChI=1S/C13H14BrN3O4/c14-11-9(2-1-3-10(11)17(20)21)13(19)16-7-6-15-12(18)8-4-5-8/h1-3,8H,4-7H2,(H,15,18)(H,16,19). The van der Waals surface area contributed by atoms with Crippen molar-refractivity contribution in [3.05, 3.63) is 38.3 Å². The van der Waals surface area contributed by atoms with E-state index in [4.69, 9.17) is 0 Å². The van der Waals surface area contributed by atoms with E-state index in [2.05, 4.69) is 26.6 Å². The number of carbonyl (C=O) groups excluding carboxylic acids is 2. The minimum absolute atomic E-state index is 0.0146. The third-order valence-electron chi connectivity index (χ3n) is 3.08. The molecule has 1 aliphatic carbocycles. The van der Waals surface area contributed by atoms with Crippen LogP contribution in [0.25, 0.3) is 0 Å². The van der Waals surface area contributed by atoms with E-state index < -0.39 is 10.8 Å². The van der Waals surface area contributed by atoms with Gasteiger partial charge in [-0.05, 0) is 34.8 Å². The van der Waals surface area contributed by atoms with E-state index in [0.29, 0.717) is 6.54 Å². The van der Waals surface area contributed by atoms with Gasteiger partial charge in [-0.1, -0.05) is 6.07 Å². The van der Waals surface area contributed by atoms with Crippen LogP contribution in [0.4, 0.5) is 5.69 Å². The molecule has 0 spiro atoms. The van der Waals surface area contributed by atoms with Crippen LogP contribution < -0.4 is 10.6 Å². The SMILES string of the molecule is O=C(NCCNC(=O)C1CC1)c1cccc([N+](=O)[O-])c1Br. The van der Waals surface area contributed by atoms with Crippen LogP contribution in [-0.4, -0.2) is 29.8 Å². The second-order valence-electron chi connectivity index (χ2n) is 4.72. The molecule has 2 N–H and O–H groups in total. The van der Waals surface area contributed by atoms with E-state index in [0.717, 1.165) is 12.8 Å². The molecule has 0 heterocycles. The Balaban J connectivity index is 1.86. The highest BCUT2D eigenvalue weighted by molar-refractivity contribution is 9.10. The Morgan fingerprint density at radius 3 is 2.57 bits per heavy atom. The van der Waals surface area contributed by atoms with Gasteiger partial charge in [0.25, 0.3) is 11.6 Å². The Hall–Kier alpha value is -1.96. The average molecular weight is 356 g/mol. The molecule has 0 unspecified atom stereocenters. The summed E-state index contributed by atoms with van der Waals surface area (Å²) in [5.41, 5.74) is 0.0300. The fourth-order valence-corrected chi connectivity index (χ4v) is 2.37. The first-order chi connectivity index (χ1) is 10.0. The number of carbonyl (C=O) groups is 2. The summed E-state index contributed by atoms with van der Waals surface area (Å²) in [6.45, 7) is 0.611. The molecule has 1 aromatic rings. The zero-order chi connectivity index (χ0) is 15.4. The zero-order valence-corrected chi connectivity index (χ0v) is 12.7. The van der Waals surface area contributed by atoms with Crippen molar-refractivity contribution in [2.75, 3.05) is 13.1 Å². The Labute approximate surface area is 129 Å². The van der Waals surface area contributed by atoms with Crippen LogP contribution in [0.15, 0.2) is 22.7 Å². The fraction of sp³-hybridized carbons (Fsp3) is 0.385. The predicted octanol–water partition coefficient (Wildman–Crippen LogP) is 1.61. The van der Waals surface area contributed by atoms with Gasteiger partial charge in [0.1, 0.15) is 4.47 Å². The number of amides is 2. The summed E-state index contributed by atoms with van der Waals surface area (Å²) in [5, 5.41) is 16.1. The molecule has 112 valence electrons. The topological polar surface area (TPSA) is 101 Å². The maximum Gasteiger partial charge on any atom is 0.284 e. The van der Waals surface area contributed by atoms with E-state index in [1.165, 1.54) is 18.2 Å². The summed E-state index contributed by atoms with van der Waals surface area (Å²) in [5.74, 6) is -0.279. The Morgan fingerprint density at radius 1 is 1.29 bits per heavy atom. The van der Waals surface area contributed by atoms with Gasteiger partial charge in [0.2, 0.25) is 5.91 Å². The van der Waals surface area contributed by atoms with Crippen molar-refractivity contribution in [1.82, 2.24) is 10.6 Å². The highest BCUT2D eigenvalue weighted by Gasteiger charge is 2.29. The van der Waals surface area contributed by atoms with E-state index in [1.54, 1.807) is 0 Å². The molecule has 2 rings (SSSR count). The molecule has 8 heteroatoms. The number of nitrogens with one attached hydrogen (secondary N) is 2. The summed E-state index contributed by atoms with van der Waals surface area (Å²) < 4.78 is 0.148. The number of hydrogen-bond donors (Lipinski definition) is 2. The van der Waals surface area contributed by atoms with E-state index in [-0.39, 0.29) is 34.1 Å². The highest BCUT2D eigenvalue weighted by atomic mass is 79.9. The summed E-state index contributed by atoms with van der Waals surface area (Å²) in [6.07, 6.45) is 1.86. The Kier molecular flexibility index (Phi) is 4.89. The summed E-state index contributed by atoms with van der Waals surface area (Å²) in [7, 11) is 0. The molecule has 1 fully saturated rings. The lowest BCUT2D eigenvalue weighted by Crippen LogP contribution is -2.35. The fourth-order valence-electron chi connectivity index (χ4n) is 1.78. The predicted molar refractivity (Wildman–Crippen MR) is 78.9 cm³/mol. The molecule has 0 radical (unpaired) electrons. The molecule has 1 saturated carbocycles. The number of nitrogens with zero attached hydrogens (tertiary/aromatic N) is 1. The molecule has 0 aromatic heterocycles. The van der Waals surface area contributed by atoms with Crippen molar-refractivity contribution < 1.29 is 14.5 Å². The number of benzene rings is 1. The van der Waals surface area contributed by atoms with Gasteiger partial charge in [-0.3, -0.25) is 19.7 Å². The van der Waals surface area contributed by atoms with Crippen LogP contribution in [0.3, 0.4) is 0 Å². The number of rotatable bonds is 6. The second-order valence-corrected chi connectivity index (χ2v) is 5.51. The molecule has 2 amide bonds. The molecule has 0 aliphatic heterocycles. The average Bonchev–Trinajstić information content (AvgIpc) is 3.27. The number of nitro groups is 1. The molecule has 1 aromatic carbocycles. The molecule has 0 bridgehead atoms. The number of halogens is 1. The van der Waals surface area contributed by atoms with Crippen molar-refractivity contribution >= 4 is 33.4 Å². The highest BCUT2D eigenvalue weighted by Crippen LogP contribution is 2.29. The van der Waals surface area contributed by atoms with Crippen molar-refractivity contribution in [3.8, 4) is 0 Å². The maximum atomic E-state index is 12.0. The van der Waals surface area contributed by atoms with E-state index >= 15 is 0 Å². The van der Waals surface area contributed by atoms with Crippen LogP contribution in [-0.2, 0) is 4.79 Å². The van der Waals surface area contributed by atoms with E-state index in [9.17, 15) is 19.7 Å². The van der Waals surface area contributed by atoms with Gasteiger partial charge in [0.05, 0.1) is 10.5 Å². The van der Waals surface area contributed by atoms with Crippen LogP contribution in [0.5, 0.6) is 0 Å². The molecule has 1 aliphatic rings. The van der Waals surface area contributed by atoms with Crippen molar-refractivity contribution in [1.29, 1.82) is 0 Å². The zero-order valence-electron chi connectivity index (χ0n) is 11.1. The van der Waals surface area contributed by atoms with Gasteiger partial charge < -0.3 is 10.6 Å². The smallest absolute Gasteiger partial charge is 0.284 e. The maximum absolute atomic E-state index is 12.0. The molecule has 0 atom stereocenters. The van der Waals surface area contributed by atoms with Crippen LogP contribution >= 0.6 is 15.9 Å². The first-order valence-corrected chi connectivity index (χ1v) is 7.29. The largest absolute Gasteiger partial charge is 0.354 e. The number of nitro benzene ring substituents is 1.